The van der Waals surface area contributed by atoms with E-state index >= 15 is 0 Å². The van der Waals surface area contributed by atoms with Crippen LogP contribution in [-0.2, 0) is 4.74 Å². The summed E-state index contributed by atoms with van der Waals surface area (Å²) in [5.41, 5.74) is 2.01. The van der Waals surface area contributed by atoms with E-state index in [9.17, 15) is 4.79 Å². The van der Waals surface area contributed by atoms with Gasteiger partial charge >= 0.3 is 5.97 Å². The second-order valence-electron chi connectivity index (χ2n) is 3.02. The van der Waals surface area contributed by atoms with Crippen LogP contribution in [0.15, 0.2) is 18.2 Å². The van der Waals surface area contributed by atoms with Crippen LogP contribution < -0.4 is 0 Å². The zero-order chi connectivity index (χ0) is 10.1. The number of rotatable bonds is 1. The number of carbonyl (C=O) groups is 1. The molecular weight excluding hydrogens is 180 g/mol. The number of benzene rings is 1. The number of nitrogens with zero attached hydrogens (tertiary/aromatic N) is 1. The molecule has 1 N–H and O–H groups in total. The average molecular weight is 190 g/mol. The van der Waals surface area contributed by atoms with Crippen molar-refractivity contribution in [2.75, 3.05) is 7.11 Å². The van der Waals surface area contributed by atoms with Crippen LogP contribution in [0.2, 0.25) is 0 Å². The number of fused-ring (bicyclic) bond motifs is 1. The molecule has 4 heteroatoms. The zero-order valence-electron chi connectivity index (χ0n) is 8.00. The summed E-state index contributed by atoms with van der Waals surface area (Å²) in [5.74, 6) is 0.429. The van der Waals surface area contributed by atoms with Crippen LogP contribution in [-0.4, -0.2) is 23.0 Å². The molecule has 72 valence electrons. The molecule has 0 atom stereocenters. The van der Waals surface area contributed by atoms with Crippen LogP contribution in [0.4, 0.5) is 0 Å². The minimum absolute atomic E-state index is 0.359. The first-order valence-electron chi connectivity index (χ1n) is 4.26. The normalized spacial score (nSPS) is 10.4. The lowest BCUT2D eigenvalue weighted by atomic mass is 10.2. The number of aryl methyl sites for hydroxylation is 1. The summed E-state index contributed by atoms with van der Waals surface area (Å²) in [7, 11) is 1.36. The van der Waals surface area contributed by atoms with Gasteiger partial charge in [0.15, 0.2) is 0 Å². The molecule has 0 unspecified atom stereocenters. The van der Waals surface area contributed by atoms with Gasteiger partial charge in [-0.2, -0.15) is 0 Å². The topological polar surface area (TPSA) is 55.0 Å². The number of ether oxygens (including phenoxy) is 1. The Bertz CT molecular complexity index is 488. The maximum atomic E-state index is 11.4. The van der Waals surface area contributed by atoms with Crippen molar-refractivity contribution in [1.82, 2.24) is 9.97 Å². The Morgan fingerprint density at radius 2 is 2.29 bits per heavy atom. The Balaban J connectivity index is 2.70. The number of carbonyl (C=O) groups excluding carboxylic acids is 1. The van der Waals surface area contributed by atoms with Crippen molar-refractivity contribution in [2.24, 2.45) is 0 Å². The van der Waals surface area contributed by atoms with Crippen molar-refractivity contribution in [2.45, 2.75) is 6.92 Å². The molecule has 0 fully saturated rings. The molecule has 0 saturated carbocycles. The molecule has 0 amide bonds. The van der Waals surface area contributed by atoms with Gasteiger partial charge in [-0.15, -0.1) is 0 Å². The van der Waals surface area contributed by atoms with Gasteiger partial charge in [-0.1, -0.05) is 6.07 Å². The first kappa shape index (κ1) is 8.74. The van der Waals surface area contributed by atoms with Crippen molar-refractivity contribution < 1.29 is 9.53 Å². The fourth-order valence-electron chi connectivity index (χ4n) is 1.43. The van der Waals surface area contributed by atoms with Gasteiger partial charge in [0, 0.05) is 0 Å². The maximum absolute atomic E-state index is 11.4. The zero-order valence-corrected chi connectivity index (χ0v) is 8.00. The van der Waals surface area contributed by atoms with Crippen molar-refractivity contribution in [3.05, 3.63) is 29.6 Å². The quantitative estimate of drug-likeness (QED) is 0.696. The Morgan fingerprint density at radius 3 is 3.00 bits per heavy atom. The largest absolute Gasteiger partial charge is 0.465 e. The van der Waals surface area contributed by atoms with E-state index in [1.54, 1.807) is 12.1 Å². The van der Waals surface area contributed by atoms with Gasteiger partial charge in [0.1, 0.15) is 11.3 Å². The molecule has 0 radical (unpaired) electrons. The third-order valence-electron chi connectivity index (χ3n) is 2.04. The Kier molecular flexibility index (Phi) is 1.96. The highest BCUT2D eigenvalue weighted by Gasteiger charge is 2.12. The highest BCUT2D eigenvalue weighted by molar-refractivity contribution is 6.01. The molecule has 1 heterocycles. The molecule has 2 rings (SSSR count). The minimum Gasteiger partial charge on any atom is -0.465 e. The van der Waals surface area contributed by atoms with Gasteiger partial charge in [0.25, 0.3) is 0 Å². The van der Waals surface area contributed by atoms with E-state index in [-0.39, 0.29) is 5.97 Å². The average Bonchev–Trinajstić information content (AvgIpc) is 2.56. The lowest BCUT2D eigenvalue weighted by molar-refractivity contribution is 0.0603. The molecule has 2 aromatic rings. The first-order valence-corrected chi connectivity index (χ1v) is 4.26. The molecule has 0 aliphatic heterocycles. The van der Waals surface area contributed by atoms with Crippen LogP contribution in [0.1, 0.15) is 16.2 Å². The van der Waals surface area contributed by atoms with Crippen LogP contribution in [0.3, 0.4) is 0 Å². The van der Waals surface area contributed by atoms with Gasteiger partial charge in [0.05, 0.1) is 18.2 Å². The number of hydrogen-bond donors (Lipinski definition) is 1. The van der Waals surface area contributed by atoms with Crippen molar-refractivity contribution >= 4 is 17.0 Å². The fraction of sp³-hybridized carbons (Fsp3) is 0.200. The number of nitrogens with one attached hydrogen (secondary N) is 1. The van der Waals surface area contributed by atoms with Gasteiger partial charge < -0.3 is 9.72 Å². The van der Waals surface area contributed by atoms with Crippen LogP contribution in [0.5, 0.6) is 0 Å². The highest BCUT2D eigenvalue weighted by Crippen LogP contribution is 2.16. The number of hydrogen-bond acceptors (Lipinski definition) is 3. The second-order valence-corrected chi connectivity index (χ2v) is 3.02. The second kappa shape index (κ2) is 3.14. The molecule has 14 heavy (non-hydrogen) atoms. The van der Waals surface area contributed by atoms with E-state index < -0.39 is 0 Å². The van der Waals surface area contributed by atoms with Crippen LogP contribution >= 0.6 is 0 Å². The maximum Gasteiger partial charge on any atom is 0.340 e. The predicted molar refractivity (Wildman–Crippen MR) is 52.2 cm³/mol. The summed E-state index contributed by atoms with van der Waals surface area (Å²) >= 11 is 0. The summed E-state index contributed by atoms with van der Waals surface area (Å²) in [4.78, 5) is 18.6. The van der Waals surface area contributed by atoms with Gasteiger partial charge in [-0.3, -0.25) is 0 Å². The molecule has 0 bridgehead atoms. The molecule has 1 aromatic carbocycles. The number of aromatic nitrogens is 2. The summed E-state index contributed by atoms with van der Waals surface area (Å²) in [6.07, 6.45) is 0. The van der Waals surface area contributed by atoms with Crippen molar-refractivity contribution in [3.8, 4) is 0 Å². The minimum atomic E-state index is -0.359. The first-order chi connectivity index (χ1) is 6.72. The summed E-state index contributed by atoms with van der Waals surface area (Å²) in [5, 5.41) is 0. The number of esters is 1. The molecule has 4 nitrogen and oxygen atoms in total. The summed E-state index contributed by atoms with van der Waals surface area (Å²) in [6, 6.07) is 5.38. The van der Waals surface area contributed by atoms with Gasteiger partial charge in [-0.05, 0) is 19.1 Å². The third-order valence-corrected chi connectivity index (χ3v) is 2.04. The monoisotopic (exact) mass is 190 g/mol. The number of H-pyrrole nitrogens is 1. The Labute approximate surface area is 80.9 Å². The highest BCUT2D eigenvalue weighted by atomic mass is 16.5. The lowest BCUT2D eigenvalue weighted by Gasteiger charge is -1.98. The number of aromatic amines is 1. The SMILES string of the molecule is COC(=O)c1cccc2[nH]c(C)nc12. The van der Waals surface area contributed by atoms with Crippen LogP contribution in [0, 0.1) is 6.92 Å². The summed E-state index contributed by atoms with van der Waals surface area (Å²) in [6.45, 7) is 1.85. The van der Waals surface area contributed by atoms with E-state index in [1.807, 2.05) is 13.0 Å². The molecule has 0 aliphatic carbocycles. The Morgan fingerprint density at radius 1 is 1.50 bits per heavy atom. The molecule has 0 aliphatic rings. The van der Waals surface area contributed by atoms with Crippen molar-refractivity contribution in [1.29, 1.82) is 0 Å². The molecular formula is C10H10N2O2. The fourth-order valence-corrected chi connectivity index (χ4v) is 1.43. The third kappa shape index (κ3) is 1.25. The Hall–Kier alpha value is -1.84. The van der Waals surface area contributed by atoms with E-state index in [4.69, 9.17) is 0 Å². The van der Waals surface area contributed by atoms with Gasteiger partial charge in [-0.25, -0.2) is 9.78 Å². The van der Waals surface area contributed by atoms with Crippen molar-refractivity contribution in [3.63, 3.8) is 0 Å². The predicted octanol–water partition coefficient (Wildman–Crippen LogP) is 1.66. The smallest absolute Gasteiger partial charge is 0.340 e. The van der Waals surface area contributed by atoms with E-state index in [0.717, 1.165) is 11.3 Å². The van der Waals surface area contributed by atoms with E-state index in [0.29, 0.717) is 11.1 Å². The molecule has 1 aromatic heterocycles. The van der Waals surface area contributed by atoms with E-state index in [2.05, 4.69) is 14.7 Å². The molecule has 0 saturated heterocycles. The number of para-hydroxylation sites is 1. The van der Waals surface area contributed by atoms with Crippen LogP contribution in [0.25, 0.3) is 11.0 Å². The summed E-state index contributed by atoms with van der Waals surface area (Å²) < 4.78 is 4.66. The lowest BCUT2D eigenvalue weighted by Crippen LogP contribution is -2.01. The van der Waals surface area contributed by atoms with Gasteiger partial charge in [0.2, 0.25) is 0 Å². The number of methoxy groups -OCH3 is 1. The number of imidazole rings is 1. The standard InChI is InChI=1S/C10H10N2O2/c1-6-11-8-5-3-4-7(9(8)12-6)10(13)14-2/h3-5H,1-2H3,(H,11,12). The van der Waals surface area contributed by atoms with E-state index in [1.165, 1.54) is 7.11 Å². The molecule has 0 spiro atoms.